The lowest BCUT2D eigenvalue weighted by Gasteiger charge is -2.19. The summed E-state index contributed by atoms with van der Waals surface area (Å²) in [7, 11) is -3.17. The average Bonchev–Trinajstić information content (AvgIpc) is 2.78. The smallest absolute Gasteiger partial charge is 0.321 e. The van der Waals surface area contributed by atoms with E-state index in [4.69, 9.17) is 0 Å². The summed E-state index contributed by atoms with van der Waals surface area (Å²) in [6.07, 6.45) is 0.430. The predicted octanol–water partition coefficient (Wildman–Crippen LogP) is 1.19. The molecular formula is C12H18F2N4O3S. The summed E-state index contributed by atoms with van der Waals surface area (Å²) in [6.45, 7) is 1.53. The number of nitrogens with zero attached hydrogens (tertiary/aromatic N) is 3. The van der Waals surface area contributed by atoms with Crippen LogP contribution in [0.3, 0.4) is 0 Å². The molecule has 0 spiro atoms. The van der Waals surface area contributed by atoms with Gasteiger partial charge in [-0.05, 0) is 13.3 Å². The van der Waals surface area contributed by atoms with Crippen molar-refractivity contribution in [3.63, 3.8) is 0 Å². The van der Waals surface area contributed by atoms with Gasteiger partial charge in [0, 0.05) is 19.3 Å². The van der Waals surface area contributed by atoms with Gasteiger partial charge >= 0.3 is 6.03 Å². The maximum atomic E-state index is 12.2. The number of nitrogens with one attached hydrogen (secondary N) is 1. The molecule has 0 aliphatic carbocycles. The van der Waals surface area contributed by atoms with Gasteiger partial charge in [0.15, 0.2) is 9.84 Å². The second kappa shape index (κ2) is 6.59. The third-order valence-corrected chi connectivity index (χ3v) is 5.77. The fourth-order valence-electron chi connectivity index (χ4n) is 2.14. The van der Waals surface area contributed by atoms with Crippen LogP contribution in [0, 0.1) is 0 Å². The molecule has 2 amide bonds. The van der Waals surface area contributed by atoms with Crippen LogP contribution >= 0.6 is 0 Å². The Balaban J connectivity index is 1.96. The van der Waals surface area contributed by atoms with Gasteiger partial charge in [-0.1, -0.05) is 0 Å². The lowest BCUT2D eigenvalue weighted by atomic mass is 10.3. The van der Waals surface area contributed by atoms with E-state index in [1.54, 1.807) is 6.92 Å². The number of halogens is 2. The highest BCUT2D eigenvalue weighted by molar-refractivity contribution is 7.92. The van der Waals surface area contributed by atoms with Crippen molar-refractivity contribution >= 4 is 21.6 Å². The van der Waals surface area contributed by atoms with Crippen molar-refractivity contribution in [2.75, 3.05) is 24.2 Å². The minimum atomic E-state index is -3.17. The molecule has 2 heterocycles. The third kappa shape index (κ3) is 4.15. The van der Waals surface area contributed by atoms with E-state index < -0.39 is 34.1 Å². The molecule has 1 aromatic rings. The van der Waals surface area contributed by atoms with E-state index in [0.29, 0.717) is 18.7 Å². The number of rotatable bonds is 3. The number of hydrogen-bond acceptors (Lipinski definition) is 4. The fraction of sp³-hybridized carbons (Fsp3) is 0.667. The first kappa shape index (κ1) is 16.7. The van der Waals surface area contributed by atoms with Gasteiger partial charge in [-0.25, -0.2) is 22.0 Å². The zero-order chi connectivity index (χ0) is 16.3. The van der Waals surface area contributed by atoms with Crippen LogP contribution in [0.1, 0.15) is 13.3 Å². The number of carbonyl (C=O) groups excluding carboxylic acids is 1. The molecule has 1 atom stereocenters. The Labute approximate surface area is 127 Å². The highest BCUT2D eigenvalue weighted by Gasteiger charge is 2.28. The first-order chi connectivity index (χ1) is 10.3. The zero-order valence-electron chi connectivity index (χ0n) is 12.1. The SMILES string of the molecule is CC1CCN(C(=O)Nc2cnn(CC(F)F)c2)CCS1(=O)=O. The molecule has 2 rings (SSSR count). The molecule has 0 radical (unpaired) electrons. The maximum absolute atomic E-state index is 12.2. The standard InChI is InChI=1S/C12H18F2N4O3S/c1-9-2-3-17(4-5-22(9,20)21)12(19)16-10-6-15-18(7-10)8-11(13)14/h6-7,9,11H,2-5,8H2,1H3,(H,16,19). The number of alkyl halides is 2. The van der Waals surface area contributed by atoms with Crippen molar-refractivity contribution in [3.05, 3.63) is 12.4 Å². The molecule has 1 fully saturated rings. The Morgan fingerprint density at radius 3 is 2.91 bits per heavy atom. The Kier molecular flexibility index (Phi) is 4.99. The Hall–Kier alpha value is -1.71. The Bertz CT molecular complexity index is 632. The van der Waals surface area contributed by atoms with Crippen molar-refractivity contribution in [3.8, 4) is 0 Å². The van der Waals surface area contributed by atoms with Crippen molar-refractivity contribution in [1.29, 1.82) is 0 Å². The largest absolute Gasteiger partial charge is 0.323 e. The van der Waals surface area contributed by atoms with Crippen LogP contribution in [0.15, 0.2) is 12.4 Å². The predicted molar refractivity (Wildman–Crippen MR) is 76.7 cm³/mol. The molecule has 1 aromatic heterocycles. The van der Waals surface area contributed by atoms with Crippen molar-refractivity contribution < 1.29 is 22.0 Å². The summed E-state index contributed by atoms with van der Waals surface area (Å²) in [5.41, 5.74) is 0.297. The van der Waals surface area contributed by atoms with E-state index in [1.807, 2.05) is 0 Å². The Morgan fingerprint density at radius 2 is 2.23 bits per heavy atom. The quantitative estimate of drug-likeness (QED) is 0.898. The number of amides is 2. The van der Waals surface area contributed by atoms with E-state index in [1.165, 1.54) is 17.3 Å². The summed E-state index contributed by atoms with van der Waals surface area (Å²) >= 11 is 0. The highest BCUT2D eigenvalue weighted by atomic mass is 32.2. The molecule has 7 nitrogen and oxygen atoms in total. The van der Waals surface area contributed by atoms with Gasteiger partial charge in [0.2, 0.25) is 0 Å². The van der Waals surface area contributed by atoms with Gasteiger partial charge in [-0.15, -0.1) is 0 Å². The van der Waals surface area contributed by atoms with Crippen LogP contribution in [0.5, 0.6) is 0 Å². The molecule has 22 heavy (non-hydrogen) atoms. The second-order valence-electron chi connectivity index (χ2n) is 5.23. The third-order valence-electron chi connectivity index (χ3n) is 3.56. The summed E-state index contributed by atoms with van der Waals surface area (Å²) < 4.78 is 49.1. The van der Waals surface area contributed by atoms with Gasteiger partial charge in [0.25, 0.3) is 6.43 Å². The molecule has 10 heteroatoms. The number of hydrogen-bond donors (Lipinski definition) is 1. The van der Waals surface area contributed by atoms with Crippen molar-refractivity contribution in [2.45, 2.75) is 31.6 Å². The molecule has 1 unspecified atom stereocenters. The average molecular weight is 336 g/mol. The molecule has 0 saturated carbocycles. The van der Waals surface area contributed by atoms with Crippen molar-refractivity contribution in [1.82, 2.24) is 14.7 Å². The van der Waals surface area contributed by atoms with Crippen LogP contribution in [0.2, 0.25) is 0 Å². The van der Waals surface area contributed by atoms with Crippen LogP contribution < -0.4 is 5.32 Å². The van der Waals surface area contributed by atoms with E-state index in [2.05, 4.69) is 10.4 Å². The number of urea groups is 1. The summed E-state index contributed by atoms with van der Waals surface area (Å²) in [5.74, 6) is -0.0772. The van der Waals surface area contributed by atoms with Crippen LogP contribution in [-0.2, 0) is 16.4 Å². The first-order valence-electron chi connectivity index (χ1n) is 6.86. The van der Waals surface area contributed by atoms with Crippen LogP contribution in [-0.4, -0.2) is 59.6 Å². The van der Waals surface area contributed by atoms with E-state index >= 15 is 0 Å². The normalized spacial score (nSPS) is 21.6. The minimum absolute atomic E-state index is 0.0772. The van der Waals surface area contributed by atoms with Crippen LogP contribution in [0.4, 0.5) is 19.3 Å². The lowest BCUT2D eigenvalue weighted by Crippen LogP contribution is -2.37. The molecule has 1 N–H and O–H groups in total. The van der Waals surface area contributed by atoms with Gasteiger partial charge in [0.05, 0.1) is 22.9 Å². The van der Waals surface area contributed by atoms with E-state index in [9.17, 15) is 22.0 Å². The van der Waals surface area contributed by atoms with Gasteiger partial charge < -0.3 is 10.2 Å². The Morgan fingerprint density at radius 1 is 1.50 bits per heavy atom. The number of aromatic nitrogens is 2. The maximum Gasteiger partial charge on any atom is 0.321 e. The van der Waals surface area contributed by atoms with Gasteiger partial charge in [0.1, 0.15) is 6.54 Å². The first-order valence-corrected chi connectivity index (χ1v) is 8.57. The summed E-state index contributed by atoms with van der Waals surface area (Å²) in [4.78, 5) is 13.5. The molecule has 1 aliphatic heterocycles. The molecule has 124 valence electrons. The molecule has 1 aliphatic rings. The zero-order valence-corrected chi connectivity index (χ0v) is 12.9. The van der Waals surface area contributed by atoms with E-state index in [0.717, 1.165) is 4.68 Å². The molecule has 0 bridgehead atoms. The minimum Gasteiger partial charge on any atom is -0.323 e. The number of anilines is 1. The molecule has 1 saturated heterocycles. The number of carbonyl (C=O) groups is 1. The monoisotopic (exact) mass is 336 g/mol. The summed E-state index contributed by atoms with van der Waals surface area (Å²) in [6, 6.07) is -0.458. The second-order valence-corrected chi connectivity index (χ2v) is 7.76. The lowest BCUT2D eigenvalue weighted by molar-refractivity contribution is 0.122. The number of sulfone groups is 1. The highest BCUT2D eigenvalue weighted by Crippen LogP contribution is 2.15. The van der Waals surface area contributed by atoms with Gasteiger partial charge in [-0.2, -0.15) is 5.10 Å². The fourth-order valence-corrected chi connectivity index (χ4v) is 3.48. The van der Waals surface area contributed by atoms with E-state index in [-0.39, 0.29) is 12.3 Å². The summed E-state index contributed by atoms with van der Waals surface area (Å²) in [5, 5.41) is 5.78. The topological polar surface area (TPSA) is 84.3 Å². The van der Waals surface area contributed by atoms with Gasteiger partial charge in [-0.3, -0.25) is 4.68 Å². The molecule has 0 aromatic carbocycles. The molecular weight excluding hydrogens is 318 g/mol. The van der Waals surface area contributed by atoms with Crippen molar-refractivity contribution in [2.24, 2.45) is 0 Å². The van der Waals surface area contributed by atoms with Crippen LogP contribution in [0.25, 0.3) is 0 Å².